The Labute approximate surface area is 236 Å². The summed E-state index contributed by atoms with van der Waals surface area (Å²) < 4.78 is 13.8. The summed E-state index contributed by atoms with van der Waals surface area (Å²) in [5.41, 5.74) is 16.1. The van der Waals surface area contributed by atoms with Gasteiger partial charge in [-0.25, -0.2) is 4.39 Å². The third-order valence-electron chi connectivity index (χ3n) is 8.36. The van der Waals surface area contributed by atoms with Gasteiger partial charge in [0.15, 0.2) is 0 Å². The number of fused-ring (bicyclic) bond motifs is 2. The zero-order chi connectivity index (χ0) is 28.6. The first-order valence-electron chi connectivity index (χ1n) is 14.1. The first kappa shape index (κ1) is 28.0. The average Bonchev–Trinajstić information content (AvgIpc) is 2.90. The van der Waals surface area contributed by atoms with Gasteiger partial charge in [-0.05, 0) is 97.2 Å². The molecule has 0 aromatic heterocycles. The highest BCUT2D eigenvalue weighted by Gasteiger charge is 2.30. The lowest BCUT2D eigenvalue weighted by atomic mass is 9.92. The Morgan fingerprint density at radius 3 is 2.50 bits per heavy atom. The zero-order valence-electron chi connectivity index (χ0n) is 23.9. The minimum atomic E-state index is -0.675. The predicted molar refractivity (Wildman–Crippen MR) is 157 cm³/mol. The van der Waals surface area contributed by atoms with Crippen molar-refractivity contribution in [3.05, 3.63) is 98.9 Å². The molecule has 2 amide bonds. The van der Waals surface area contributed by atoms with Gasteiger partial charge in [-0.1, -0.05) is 35.9 Å². The molecule has 6 nitrogen and oxygen atoms in total. The van der Waals surface area contributed by atoms with Crippen LogP contribution < -0.4 is 16.0 Å². The van der Waals surface area contributed by atoms with E-state index in [-0.39, 0.29) is 23.7 Å². The van der Waals surface area contributed by atoms with Gasteiger partial charge in [0.25, 0.3) is 0 Å². The standard InChI is InChI=1S/C33H39FN4O2/c1-20-13-21(2)28(22(3)14-20)17-30(35)33(40)36-31-10-12-38(23(4)39)32-8-5-24(15-29(31)32)18-37-11-9-25-6-7-27(34)16-26(25)19-37/h5-8,13-16,30-31H,9-12,17-19,35H2,1-4H3,(H,36,40). The van der Waals surface area contributed by atoms with Crippen molar-refractivity contribution in [3.8, 4) is 0 Å². The number of halogens is 1. The molecular weight excluding hydrogens is 503 g/mol. The van der Waals surface area contributed by atoms with Crippen LogP contribution >= 0.6 is 0 Å². The number of nitrogens with one attached hydrogen (secondary N) is 1. The monoisotopic (exact) mass is 542 g/mol. The van der Waals surface area contributed by atoms with Gasteiger partial charge in [0, 0.05) is 38.8 Å². The van der Waals surface area contributed by atoms with Crippen molar-refractivity contribution in [2.75, 3.05) is 18.0 Å². The van der Waals surface area contributed by atoms with E-state index in [2.05, 4.69) is 55.3 Å². The second kappa shape index (κ2) is 11.5. The topological polar surface area (TPSA) is 78.7 Å². The summed E-state index contributed by atoms with van der Waals surface area (Å²) in [6.45, 7) is 10.6. The number of benzene rings is 3. The predicted octanol–water partition coefficient (Wildman–Crippen LogP) is 4.79. The van der Waals surface area contributed by atoms with E-state index >= 15 is 0 Å². The molecule has 7 heteroatoms. The van der Waals surface area contributed by atoms with Crippen LogP contribution in [0.4, 0.5) is 10.1 Å². The van der Waals surface area contributed by atoms with Crippen LogP contribution in [0.1, 0.15) is 63.9 Å². The Kier molecular flexibility index (Phi) is 8.06. The highest BCUT2D eigenvalue weighted by atomic mass is 19.1. The van der Waals surface area contributed by atoms with Gasteiger partial charge in [0.05, 0.1) is 12.1 Å². The summed E-state index contributed by atoms with van der Waals surface area (Å²) in [5, 5.41) is 3.20. The van der Waals surface area contributed by atoms with Crippen molar-refractivity contribution in [1.82, 2.24) is 10.2 Å². The van der Waals surface area contributed by atoms with Gasteiger partial charge >= 0.3 is 0 Å². The molecule has 0 saturated carbocycles. The van der Waals surface area contributed by atoms with Gasteiger partial charge < -0.3 is 16.0 Å². The molecule has 40 heavy (non-hydrogen) atoms. The van der Waals surface area contributed by atoms with Crippen LogP contribution in [-0.4, -0.2) is 35.8 Å². The number of rotatable bonds is 6. The number of nitrogens with two attached hydrogens (primary N) is 1. The number of anilines is 1. The van der Waals surface area contributed by atoms with Crippen molar-refractivity contribution in [3.63, 3.8) is 0 Å². The number of hydrogen-bond acceptors (Lipinski definition) is 4. The lowest BCUT2D eigenvalue weighted by Gasteiger charge is -2.35. The zero-order valence-corrected chi connectivity index (χ0v) is 23.9. The van der Waals surface area contributed by atoms with E-state index in [0.29, 0.717) is 32.5 Å². The molecule has 0 bridgehead atoms. The maximum atomic E-state index is 13.8. The van der Waals surface area contributed by atoms with Crippen LogP contribution in [0.2, 0.25) is 0 Å². The Hall–Kier alpha value is -3.55. The third kappa shape index (κ3) is 5.96. The molecule has 0 radical (unpaired) electrons. The summed E-state index contributed by atoms with van der Waals surface area (Å²) in [7, 11) is 0. The van der Waals surface area contributed by atoms with E-state index in [1.807, 2.05) is 12.1 Å². The van der Waals surface area contributed by atoms with Crippen molar-refractivity contribution >= 4 is 17.5 Å². The highest BCUT2D eigenvalue weighted by Crippen LogP contribution is 2.35. The van der Waals surface area contributed by atoms with E-state index in [0.717, 1.165) is 52.0 Å². The Morgan fingerprint density at radius 1 is 1.02 bits per heavy atom. The van der Waals surface area contributed by atoms with Crippen molar-refractivity contribution in [1.29, 1.82) is 0 Å². The number of carbonyl (C=O) groups is 2. The molecule has 0 aliphatic carbocycles. The molecule has 0 saturated heterocycles. The summed E-state index contributed by atoms with van der Waals surface area (Å²) in [5.74, 6) is -0.412. The second-order valence-corrected chi connectivity index (χ2v) is 11.5. The van der Waals surface area contributed by atoms with Crippen LogP contribution in [0.5, 0.6) is 0 Å². The quantitative estimate of drug-likeness (QED) is 0.469. The first-order valence-corrected chi connectivity index (χ1v) is 14.1. The summed E-state index contributed by atoms with van der Waals surface area (Å²) in [4.78, 5) is 29.8. The molecule has 0 spiro atoms. The van der Waals surface area contributed by atoms with Gasteiger partial charge in [-0.15, -0.1) is 0 Å². The third-order valence-corrected chi connectivity index (χ3v) is 8.36. The number of hydrogen-bond donors (Lipinski definition) is 2. The molecule has 5 rings (SSSR count). The fourth-order valence-corrected chi connectivity index (χ4v) is 6.34. The van der Waals surface area contributed by atoms with Crippen molar-refractivity contribution in [2.24, 2.45) is 5.73 Å². The maximum Gasteiger partial charge on any atom is 0.237 e. The molecular formula is C33H39FN4O2. The van der Waals surface area contributed by atoms with E-state index in [4.69, 9.17) is 5.73 Å². The van der Waals surface area contributed by atoms with E-state index in [9.17, 15) is 14.0 Å². The van der Waals surface area contributed by atoms with Crippen LogP contribution in [0, 0.1) is 26.6 Å². The number of nitrogens with zero attached hydrogens (tertiary/aromatic N) is 2. The largest absolute Gasteiger partial charge is 0.348 e. The lowest BCUT2D eigenvalue weighted by Crippen LogP contribution is -2.46. The van der Waals surface area contributed by atoms with Crippen molar-refractivity contribution < 1.29 is 14.0 Å². The number of amides is 2. The summed E-state index contributed by atoms with van der Waals surface area (Å²) in [6.07, 6.45) is 1.97. The second-order valence-electron chi connectivity index (χ2n) is 11.5. The minimum absolute atomic E-state index is 0.0181. The molecule has 2 heterocycles. The molecule has 3 aromatic rings. The molecule has 3 aromatic carbocycles. The Balaban J connectivity index is 1.34. The molecule has 2 unspecified atom stereocenters. The van der Waals surface area contributed by atoms with Crippen LogP contribution in [-0.2, 0) is 35.5 Å². The number of carbonyl (C=O) groups excluding carboxylic acids is 2. The fraction of sp³-hybridized carbons (Fsp3) is 0.394. The van der Waals surface area contributed by atoms with Gasteiger partial charge in [0.1, 0.15) is 5.82 Å². The van der Waals surface area contributed by atoms with Crippen LogP contribution in [0.15, 0.2) is 48.5 Å². The average molecular weight is 543 g/mol. The van der Waals surface area contributed by atoms with E-state index < -0.39 is 6.04 Å². The molecule has 2 atom stereocenters. The smallest absolute Gasteiger partial charge is 0.237 e. The Morgan fingerprint density at radius 2 is 1.77 bits per heavy atom. The summed E-state index contributed by atoms with van der Waals surface area (Å²) in [6, 6.07) is 14.5. The fourth-order valence-electron chi connectivity index (χ4n) is 6.34. The first-order chi connectivity index (χ1) is 19.1. The summed E-state index contributed by atoms with van der Waals surface area (Å²) >= 11 is 0. The normalized spacial score (nSPS) is 17.6. The van der Waals surface area contributed by atoms with Crippen LogP contribution in [0.3, 0.4) is 0 Å². The number of aryl methyl sites for hydroxylation is 3. The Bertz CT molecular complexity index is 1430. The maximum absolute atomic E-state index is 13.8. The van der Waals surface area contributed by atoms with E-state index in [1.165, 1.54) is 17.2 Å². The van der Waals surface area contributed by atoms with Gasteiger partial charge in [-0.3, -0.25) is 14.5 Å². The molecule has 2 aliphatic heterocycles. The highest BCUT2D eigenvalue weighted by molar-refractivity contribution is 5.93. The van der Waals surface area contributed by atoms with E-state index in [1.54, 1.807) is 17.9 Å². The van der Waals surface area contributed by atoms with Gasteiger partial charge in [0.2, 0.25) is 11.8 Å². The molecule has 210 valence electrons. The van der Waals surface area contributed by atoms with Crippen molar-refractivity contribution in [2.45, 2.75) is 72.1 Å². The van der Waals surface area contributed by atoms with Crippen LogP contribution in [0.25, 0.3) is 0 Å². The SMILES string of the molecule is CC(=O)N1CCC(NC(=O)C(N)Cc2c(C)cc(C)cc2C)c2cc(CN3CCc4ccc(F)cc4C3)ccc21. The van der Waals surface area contributed by atoms with Gasteiger partial charge in [-0.2, -0.15) is 0 Å². The lowest BCUT2D eigenvalue weighted by molar-refractivity contribution is -0.123. The minimum Gasteiger partial charge on any atom is -0.348 e. The molecule has 3 N–H and O–H groups in total. The molecule has 0 fully saturated rings. The molecule has 2 aliphatic rings.